The van der Waals surface area contributed by atoms with Crippen LogP contribution in [0.25, 0.3) is 116 Å². The third kappa shape index (κ3) is 3.91. The number of hydrogen-bond acceptors (Lipinski definition) is 2. The minimum atomic E-state index is 1.26. The average molecular weight is 693 g/mol. The third-order valence-electron chi connectivity index (χ3n) is 11.2. The fraction of sp³-hybridized carbons (Fsp3) is 0. The summed E-state index contributed by atoms with van der Waals surface area (Å²) in [5, 5.41) is 18.4. The summed E-state index contributed by atoms with van der Waals surface area (Å²) in [7, 11) is 0. The van der Waals surface area contributed by atoms with E-state index >= 15 is 0 Å². The second kappa shape index (κ2) is 10.7. The normalized spacial score (nSPS) is 12.2. The van der Waals surface area contributed by atoms with Crippen LogP contribution in [-0.2, 0) is 0 Å². The Labute approximate surface area is 307 Å². The van der Waals surface area contributed by atoms with Gasteiger partial charge in [0.15, 0.2) is 0 Å². The zero-order chi connectivity index (χ0) is 33.9. The molecule has 0 radical (unpaired) electrons. The van der Waals surface area contributed by atoms with Crippen molar-refractivity contribution in [1.29, 1.82) is 0 Å². The lowest BCUT2D eigenvalue weighted by atomic mass is 9.85. The van der Waals surface area contributed by atoms with Crippen molar-refractivity contribution in [1.82, 2.24) is 0 Å². The van der Waals surface area contributed by atoms with Crippen LogP contribution in [0.4, 0.5) is 0 Å². The van der Waals surface area contributed by atoms with Crippen LogP contribution in [0, 0.1) is 0 Å². The molecule has 0 saturated carbocycles. The minimum Gasteiger partial charge on any atom is -0.135 e. The van der Waals surface area contributed by atoms with E-state index in [1.54, 1.807) is 0 Å². The third-order valence-corrected chi connectivity index (χ3v) is 13.6. The SMILES string of the molecule is c1ccc2c(c1)sc1c(-c3c4ccccc4c(-c4ccc5c(c4)sc4cc6c7ccccc7c7ccccc7c6cc45)c4ccccc34)cccc12. The van der Waals surface area contributed by atoms with Gasteiger partial charge in [-0.2, -0.15) is 0 Å². The molecule has 0 atom stereocenters. The highest BCUT2D eigenvalue weighted by Crippen LogP contribution is 2.49. The van der Waals surface area contributed by atoms with Crippen molar-refractivity contribution in [3.05, 3.63) is 170 Å². The lowest BCUT2D eigenvalue weighted by Gasteiger charge is -2.18. The van der Waals surface area contributed by atoms with Gasteiger partial charge in [0.2, 0.25) is 0 Å². The van der Waals surface area contributed by atoms with Crippen molar-refractivity contribution in [2.24, 2.45) is 0 Å². The molecular weight excluding hydrogens is 665 g/mol. The molecule has 2 heterocycles. The summed E-state index contributed by atoms with van der Waals surface area (Å²) in [6.45, 7) is 0. The first-order valence-corrected chi connectivity index (χ1v) is 19.5. The van der Waals surface area contributed by atoms with E-state index in [9.17, 15) is 0 Å². The number of rotatable bonds is 2. The summed E-state index contributed by atoms with van der Waals surface area (Å²) in [4.78, 5) is 0. The highest BCUT2D eigenvalue weighted by Gasteiger charge is 2.20. The van der Waals surface area contributed by atoms with Crippen molar-refractivity contribution < 1.29 is 0 Å². The van der Waals surface area contributed by atoms with Gasteiger partial charge < -0.3 is 0 Å². The molecule has 0 aliphatic carbocycles. The van der Waals surface area contributed by atoms with Crippen LogP contribution in [0.5, 0.6) is 0 Å². The van der Waals surface area contributed by atoms with Crippen molar-refractivity contribution in [2.75, 3.05) is 0 Å². The molecule has 2 aromatic heterocycles. The van der Waals surface area contributed by atoms with Crippen LogP contribution >= 0.6 is 22.7 Å². The molecule has 12 aromatic rings. The van der Waals surface area contributed by atoms with E-state index in [-0.39, 0.29) is 0 Å². The van der Waals surface area contributed by atoms with Gasteiger partial charge in [-0.3, -0.25) is 0 Å². The number of fused-ring (bicyclic) bond motifs is 14. The Bertz CT molecular complexity index is 3410. The van der Waals surface area contributed by atoms with Gasteiger partial charge in [0, 0.05) is 45.9 Å². The molecule has 0 nitrogen and oxygen atoms in total. The molecule has 2 heteroatoms. The van der Waals surface area contributed by atoms with E-state index in [1.807, 2.05) is 22.7 Å². The predicted molar refractivity (Wildman–Crippen MR) is 231 cm³/mol. The maximum absolute atomic E-state index is 2.45. The second-order valence-electron chi connectivity index (χ2n) is 13.9. The highest BCUT2D eigenvalue weighted by molar-refractivity contribution is 7.26. The quantitative estimate of drug-likeness (QED) is 0.125. The van der Waals surface area contributed by atoms with Gasteiger partial charge in [0.05, 0.1) is 0 Å². The maximum atomic E-state index is 2.45. The molecule has 52 heavy (non-hydrogen) atoms. The fourth-order valence-electron chi connectivity index (χ4n) is 9.00. The summed E-state index contributed by atoms with van der Waals surface area (Å²) >= 11 is 3.82. The summed E-state index contributed by atoms with van der Waals surface area (Å²) in [6.07, 6.45) is 0. The van der Waals surface area contributed by atoms with Crippen molar-refractivity contribution in [2.45, 2.75) is 0 Å². The van der Waals surface area contributed by atoms with E-state index in [1.165, 1.54) is 116 Å². The lowest BCUT2D eigenvalue weighted by molar-refractivity contribution is 1.71. The van der Waals surface area contributed by atoms with Crippen molar-refractivity contribution >= 4 is 117 Å². The standard InChI is InChI=1S/C50H28S2/c1-3-14-32-30(12-1)31-13-2-4-15-33(31)43-28-47-44(27-42(32)43)35-25-24-29(26-46(35)51-47)48-36-17-5-7-19-38(36)49(39-20-8-6-18-37(39)48)41-22-11-21-40-34-16-9-10-23-45(34)52-50(40)41/h1-28H. The molecule has 0 amide bonds. The summed E-state index contributed by atoms with van der Waals surface area (Å²) in [6, 6.07) is 63.5. The molecule has 0 bridgehead atoms. The first-order chi connectivity index (χ1) is 25.8. The molecule has 240 valence electrons. The Kier molecular flexibility index (Phi) is 5.90. The van der Waals surface area contributed by atoms with Crippen molar-refractivity contribution in [3.8, 4) is 22.3 Å². The smallest absolute Gasteiger partial charge is 0.0434 e. The molecule has 10 aromatic carbocycles. The molecule has 0 N–H and O–H groups in total. The van der Waals surface area contributed by atoms with E-state index in [0.717, 1.165) is 0 Å². The Morgan fingerprint density at radius 3 is 1.38 bits per heavy atom. The Balaban J connectivity index is 1.13. The predicted octanol–water partition coefficient (Wildman–Crippen LogP) is 15.5. The van der Waals surface area contributed by atoms with Gasteiger partial charge in [-0.1, -0.05) is 146 Å². The summed E-state index contributed by atoms with van der Waals surface area (Å²) < 4.78 is 5.35. The van der Waals surface area contributed by atoms with Gasteiger partial charge in [-0.15, -0.1) is 22.7 Å². The van der Waals surface area contributed by atoms with Crippen LogP contribution in [0.15, 0.2) is 170 Å². The topological polar surface area (TPSA) is 0 Å². The highest BCUT2D eigenvalue weighted by atomic mass is 32.1. The van der Waals surface area contributed by atoms with E-state index in [2.05, 4.69) is 170 Å². The first-order valence-electron chi connectivity index (χ1n) is 17.8. The van der Waals surface area contributed by atoms with E-state index < -0.39 is 0 Å². The zero-order valence-corrected chi connectivity index (χ0v) is 29.6. The van der Waals surface area contributed by atoms with Gasteiger partial charge in [0.1, 0.15) is 0 Å². The Morgan fingerprint density at radius 1 is 0.250 bits per heavy atom. The fourth-order valence-corrected chi connectivity index (χ4v) is 11.4. The van der Waals surface area contributed by atoms with Crippen LogP contribution in [0.1, 0.15) is 0 Å². The number of hydrogen-bond donors (Lipinski definition) is 0. The van der Waals surface area contributed by atoms with Gasteiger partial charge in [0.25, 0.3) is 0 Å². The summed E-state index contributed by atoms with van der Waals surface area (Å²) in [5.74, 6) is 0. The molecule has 0 fully saturated rings. The number of benzene rings is 10. The van der Waals surface area contributed by atoms with Gasteiger partial charge in [-0.25, -0.2) is 0 Å². The average Bonchev–Trinajstić information content (AvgIpc) is 3.77. The molecule has 0 aliphatic rings. The van der Waals surface area contributed by atoms with E-state index in [0.29, 0.717) is 0 Å². The summed E-state index contributed by atoms with van der Waals surface area (Å²) in [5.41, 5.74) is 5.20. The second-order valence-corrected chi connectivity index (χ2v) is 16.1. The molecular formula is C50H28S2. The Morgan fingerprint density at radius 2 is 0.731 bits per heavy atom. The first kappa shape index (κ1) is 28.6. The Hall–Kier alpha value is -6.06. The van der Waals surface area contributed by atoms with Crippen LogP contribution in [-0.4, -0.2) is 0 Å². The maximum Gasteiger partial charge on any atom is 0.0434 e. The van der Waals surface area contributed by atoms with Crippen LogP contribution < -0.4 is 0 Å². The molecule has 0 aliphatic heterocycles. The van der Waals surface area contributed by atoms with Gasteiger partial charge >= 0.3 is 0 Å². The molecule has 12 rings (SSSR count). The monoisotopic (exact) mass is 692 g/mol. The molecule has 0 saturated heterocycles. The largest absolute Gasteiger partial charge is 0.135 e. The van der Waals surface area contributed by atoms with E-state index in [4.69, 9.17) is 0 Å². The van der Waals surface area contributed by atoms with Crippen LogP contribution in [0.3, 0.4) is 0 Å². The zero-order valence-electron chi connectivity index (χ0n) is 28.0. The molecule has 0 unspecified atom stereocenters. The van der Waals surface area contributed by atoms with Gasteiger partial charge in [-0.05, 0) is 94.8 Å². The van der Waals surface area contributed by atoms with Crippen LogP contribution in [0.2, 0.25) is 0 Å². The number of thiophene rings is 2. The van der Waals surface area contributed by atoms with Crippen molar-refractivity contribution in [3.63, 3.8) is 0 Å². The lowest BCUT2D eigenvalue weighted by Crippen LogP contribution is -1.90. The molecule has 0 spiro atoms. The minimum absolute atomic E-state index is 1.26.